The first-order valence-corrected chi connectivity index (χ1v) is 6.38. The molecule has 0 aliphatic heterocycles. The number of hydrogen-bond acceptors (Lipinski definition) is 4. The van der Waals surface area contributed by atoms with Crippen molar-refractivity contribution in [1.29, 1.82) is 0 Å². The van der Waals surface area contributed by atoms with Crippen LogP contribution in [0.4, 0.5) is 0 Å². The number of nitrogens with zero attached hydrogens (tertiary/aromatic N) is 1. The molecule has 1 aromatic heterocycles. The molecule has 0 saturated heterocycles. The minimum absolute atomic E-state index is 0.115. The summed E-state index contributed by atoms with van der Waals surface area (Å²) >= 11 is 0. The van der Waals surface area contributed by atoms with Gasteiger partial charge in [0.25, 0.3) is 11.5 Å². The zero-order valence-corrected chi connectivity index (χ0v) is 11.7. The molecular weight excluding hydrogens is 272 g/mol. The average molecular weight is 288 g/mol. The maximum Gasteiger partial charge on any atom is 0.254 e. The van der Waals surface area contributed by atoms with Crippen LogP contribution in [0.25, 0.3) is 0 Å². The van der Waals surface area contributed by atoms with E-state index in [0.717, 1.165) is 11.6 Å². The number of benzene rings is 1. The van der Waals surface area contributed by atoms with Gasteiger partial charge in [0.15, 0.2) is 5.88 Å². The van der Waals surface area contributed by atoms with Crippen LogP contribution >= 0.6 is 0 Å². The lowest BCUT2D eigenvalue weighted by molar-refractivity contribution is 0.0742. The number of phenolic OH excluding ortho intramolecular Hbond substituents is 1. The third-order valence-electron chi connectivity index (χ3n) is 3.35. The Bertz CT molecular complexity index is 706. The van der Waals surface area contributed by atoms with Crippen LogP contribution in [-0.2, 0) is 0 Å². The van der Waals surface area contributed by atoms with Crippen molar-refractivity contribution in [3.63, 3.8) is 0 Å². The van der Waals surface area contributed by atoms with Gasteiger partial charge in [-0.1, -0.05) is 12.1 Å². The molecule has 110 valence electrons. The van der Waals surface area contributed by atoms with E-state index in [9.17, 15) is 19.8 Å². The Morgan fingerprint density at radius 3 is 2.38 bits per heavy atom. The van der Waals surface area contributed by atoms with Crippen LogP contribution in [-0.4, -0.2) is 33.1 Å². The molecule has 1 atom stereocenters. The number of H-pyrrole nitrogens is 1. The lowest BCUT2D eigenvalue weighted by atomic mass is 10.1. The first-order valence-electron chi connectivity index (χ1n) is 6.38. The van der Waals surface area contributed by atoms with Gasteiger partial charge >= 0.3 is 0 Å². The topological polar surface area (TPSA) is 93.6 Å². The van der Waals surface area contributed by atoms with E-state index in [1.807, 2.05) is 6.92 Å². The highest BCUT2D eigenvalue weighted by atomic mass is 16.3. The van der Waals surface area contributed by atoms with Crippen LogP contribution in [0.2, 0.25) is 0 Å². The minimum Gasteiger partial charge on any atom is -0.508 e. The molecule has 0 bridgehead atoms. The second kappa shape index (κ2) is 5.70. The first kappa shape index (κ1) is 14.6. The summed E-state index contributed by atoms with van der Waals surface area (Å²) in [6, 6.07) is 8.63. The maximum atomic E-state index is 12.3. The van der Waals surface area contributed by atoms with Gasteiger partial charge in [-0.05, 0) is 24.6 Å². The van der Waals surface area contributed by atoms with Crippen molar-refractivity contribution >= 4 is 5.91 Å². The number of nitrogens with one attached hydrogen (secondary N) is 1. The normalized spacial score (nSPS) is 11.9. The van der Waals surface area contributed by atoms with E-state index >= 15 is 0 Å². The van der Waals surface area contributed by atoms with Crippen LogP contribution in [0.1, 0.15) is 28.9 Å². The van der Waals surface area contributed by atoms with E-state index in [4.69, 9.17) is 0 Å². The first-order chi connectivity index (χ1) is 9.88. The molecule has 0 radical (unpaired) electrons. The summed E-state index contributed by atoms with van der Waals surface area (Å²) in [5, 5.41) is 18.6. The molecule has 1 amide bonds. The fourth-order valence-electron chi connectivity index (χ4n) is 2.01. The van der Waals surface area contributed by atoms with Crippen LogP contribution < -0.4 is 5.56 Å². The largest absolute Gasteiger partial charge is 0.508 e. The van der Waals surface area contributed by atoms with Crippen molar-refractivity contribution in [3.8, 4) is 11.6 Å². The lowest BCUT2D eigenvalue weighted by Crippen LogP contribution is -2.30. The summed E-state index contributed by atoms with van der Waals surface area (Å²) in [4.78, 5) is 27.3. The Kier molecular flexibility index (Phi) is 3.98. The van der Waals surface area contributed by atoms with Crippen molar-refractivity contribution in [2.45, 2.75) is 13.0 Å². The molecule has 0 spiro atoms. The number of pyridine rings is 1. The van der Waals surface area contributed by atoms with E-state index in [1.165, 1.54) is 11.0 Å². The monoisotopic (exact) mass is 288 g/mol. The van der Waals surface area contributed by atoms with Crippen LogP contribution in [0.15, 0.2) is 41.2 Å². The summed E-state index contributed by atoms with van der Waals surface area (Å²) in [5.41, 5.74) is 0.422. The van der Waals surface area contributed by atoms with Crippen LogP contribution in [0, 0.1) is 0 Å². The molecule has 0 fully saturated rings. The molecule has 1 unspecified atom stereocenters. The number of amides is 1. The van der Waals surface area contributed by atoms with Crippen molar-refractivity contribution in [2.75, 3.05) is 7.05 Å². The summed E-state index contributed by atoms with van der Waals surface area (Å²) < 4.78 is 0. The molecule has 2 rings (SSSR count). The Labute approximate surface area is 121 Å². The molecular formula is C15H16N2O4. The molecule has 6 heteroatoms. The average Bonchev–Trinajstić information content (AvgIpc) is 2.44. The molecule has 3 N–H and O–H groups in total. The summed E-state index contributed by atoms with van der Waals surface area (Å²) in [6.45, 7) is 1.83. The quantitative estimate of drug-likeness (QED) is 0.800. The van der Waals surface area contributed by atoms with E-state index in [-0.39, 0.29) is 29.1 Å². The van der Waals surface area contributed by atoms with E-state index < -0.39 is 5.56 Å². The predicted octanol–water partition coefficient (Wildman–Crippen LogP) is 1.62. The number of rotatable bonds is 3. The Balaban J connectivity index is 2.25. The maximum absolute atomic E-state index is 12.3. The van der Waals surface area contributed by atoms with Gasteiger partial charge in [0.05, 0.1) is 11.6 Å². The van der Waals surface area contributed by atoms with Gasteiger partial charge in [0.1, 0.15) is 5.75 Å². The van der Waals surface area contributed by atoms with Crippen molar-refractivity contribution in [3.05, 3.63) is 57.9 Å². The highest BCUT2D eigenvalue weighted by Gasteiger charge is 2.19. The summed E-state index contributed by atoms with van der Waals surface area (Å²) in [5.74, 6) is -0.576. The summed E-state index contributed by atoms with van der Waals surface area (Å²) in [6.07, 6.45) is 0. The van der Waals surface area contributed by atoms with Gasteiger partial charge in [0.2, 0.25) is 0 Å². The third-order valence-corrected chi connectivity index (χ3v) is 3.35. The SMILES string of the molecule is CC(c1ccc(O)cc1)N(C)C(=O)c1cc(O)[nH]c(=O)c1. The number of aromatic amines is 1. The Morgan fingerprint density at radius 2 is 1.81 bits per heavy atom. The number of aromatic nitrogens is 1. The predicted molar refractivity (Wildman–Crippen MR) is 77.3 cm³/mol. The molecule has 6 nitrogen and oxygen atoms in total. The van der Waals surface area contributed by atoms with Crippen molar-refractivity contribution < 1.29 is 15.0 Å². The fraction of sp³-hybridized carbons (Fsp3) is 0.200. The summed E-state index contributed by atoms with van der Waals surface area (Å²) in [7, 11) is 1.61. The molecule has 1 heterocycles. The van der Waals surface area contributed by atoms with Gasteiger partial charge in [0, 0.05) is 19.2 Å². The van der Waals surface area contributed by atoms with Crippen molar-refractivity contribution in [1.82, 2.24) is 9.88 Å². The molecule has 0 saturated carbocycles. The second-order valence-electron chi connectivity index (χ2n) is 4.80. The molecule has 21 heavy (non-hydrogen) atoms. The lowest BCUT2D eigenvalue weighted by Gasteiger charge is -2.25. The second-order valence-corrected chi connectivity index (χ2v) is 4.80. The number of carbonyl (C=O) groups is 1. The van der Waals surface area contributed by atoms with E-state index in [0.29, 0.717) is 0 Å². The third kappa shape index (κ3) is 3.22. The number of carbonyl (C=O) groups excluding carboxylic acids is 1. The Hall–Kier alpha value is -2.76. The van der Waals surface area contributed by atoms with Crippen molar-refractivity contribution in [2.24, 2.45) is 0 Å². The van der Waals surface area contributed by atoms with Gasteiger partial charge in [-0.2, -0.15) is 0 Å². The Morgan fingerprint density at radius 1 is 1.19 bits per heavy atom. The molecule has 2 aromatic rings. The van der Waals surface area contributed by atoms with Gasteiger partial charge in [-0.25, -0.2) is 0 Å². The van der Waals surface area contributed by atoms with E-state index in [2.05, 4.69) is 4.98 Å². The highest BCUT2D eigenvalue weighted by Crippen LogP contribution is 2.22. The van der Waals surface area contributed by atoms with Crippen LogP contribution in [0.3, 0.4) is 0 Å². The molecule has 1 aromatic carbocycles. The number of phenols is 1. The van der Waals surface area contributed by atoms with E-state index in [1.54, 1.807) is 31.3 Å². The smallest absolute Gasteiger partial charge is 0.254 e. The standard InChI is InChI=1S/C15H16N2O4/c1-9(10-3-5-12(18)6-4-10)17(2)15(21)11-7-13(19)16-14(20)8-11/h3-9,18H,1-2H3,(H2,16,19,20). The number of aromatic hydroxyl groups is 2. The molecule has 0 aliphatic rings. The zero-order valence-electron chi connectivity index (χ0n) is 11.7. The van der Waals surface area contributed by atoms with Gasteiger partial charge in [-0.15, -0.1) is 0 Å². The zero-order chi connectivity index (χ0) is 15.6. The number of hydrogen-bond donors (Lipinski definition) is 3. The molecule has 0 aliphatic carbocycles. The highest BCUT2D eigenvalue weighted by molar-refractivity contribution is 5.94. The van der Waals surface area contributed by atoms with Gasteiger partial charge in [-0.3, -0.25) is 14.6 Å². The minimum atomic E-state index is -0.538. The fourth-order valence-corrected chi connectivity index (χ4v) is 2.01. The van der Waals surface area contributed by atoms with Gasteiger partial charge < -0.3 is 15.1 Å². The van der Waals surface area contributed by atoms with Crippen LogP contribution in [0.5, 0.6) is 11.6 Å².